The van der Waals surface area contributed by atoms with Crippen LogP contribution in [0.4, 0.5) is 0 Å². The lowest BCUT2D eigenvalue weighted by atomic mass is 9.91. The van der Waals surface area contributed by atoms with Crippen LogP contribution < -0.4 is 5.32 Å². The first-order valence-electron chi connectivity index (χ1n) is 7.13. The first kappa shape index (κ1) is 13.1. The molecule has 2 aliphatic rings. The van der Waals surface area contributed by atoms with Gasteiger partial charge in [0.2, 0.25) is 11.8 Å². The summed E-state index contributed by atoms with van der Waals surface area (Å²) in [5.74, 6) is -0.000243. The number of carbonyl (C=O) groups is 2. The zero-order chi connectivity index (χ0) is 14.2. The largest absolute Gasteiger partial charge is 0.345 e. The van der Waals surface area contributed by atoms with Gasteiger partial charge in [-0.15, -0.1) is 0 Å². The van der Waals surface area contributed by atoms with Crippen LogP contribution in [0.1, 0.15) is 36.9 Å². The van der Waals surface area contributed by atoms with Crippen molar-refractivity contribution in [2.24, 2.45) is 0 Å². The van der Waals surface area contributed by atoms with Gasteiger partial charge in [-0.25, -0.2) is 0 Å². The van der Waals surface area contributed by atoms with Gasteiger partial charge in [0, 0.05) is 6.20 Å². The van der Waals surface area contributed by atoms with E-state index in [4.69, 9.17) is 0 Å². The Labute approximate surface area is 118 Å². The van der Waals surface area contributed by atoms with E-state index >= 15 is 0 Å². The van der Waals surface area contributed by atoms with E-state index in [2.05, 4.69) is 10.3 Å². The summed E-state index contributed by atoms with van der Waals surface area (Å²) in [6.07, 6.45) is 5.25. The predicted octanol–water partition coefficient (Wildman–Crippen LogP) is 1.16. The molecule has 2 heterocycles. The summed E-state index contributed by atoms with van der Waals surface area (Å²) >= 11 is 0. The fourth-order valence-electron chi connectivity index (χ4n) is 3.31. The molecule has 5 nitrogen and oxygen atoms in total. The zero-order valence-electron chi connectivity index (χ0n) is 11.7. The molecule has 0 unspecified atom stereocenters. The van der Waals surface area contributed by atoms with Crippen molar-refractivity contribution >= 4 is 11.8 Å². The first-order valence-corrected chi connectivity index (χ1v) is 7.13. The minimum Gasteiger partial charge on any atom is -0.345 e. The molecule has 1 aliphatic carbocycles. The summed E-state index contributed by atoms with van der Waals surface area (Å²) in [6.45, 7) is 2.52. The Morgan fingerprint density at radius 1 is 1.35 bits per heavy atom. The van der Waals surface area contributed by atoms with Crippen LogP contribution in [0, 0.1) is 6.92 Å². The molecule has 0 aromatic carbocycles. The minimum atomic E-state index is -0.640. The molecule has 3 rings (SSSR count). The third-order valence-electron chi connectivity index (χ3n) is 4.50. The van der Waals surface area contributed by atoms with Crippen molar-refractivity contribution in [3.05, 3.63) is 29.6 Å². The van der Waals surface area contributed by atoms with Gasteiger partial charge in [0.15, 0.2) is 0 Å². The van der Waals surface area contributed by atoms with Crippen molar-refractivity contribution < 1.29 is 9.59 Å². The molecule has 1 saturated carbocycles. The van der Waals surface area contributed by atoms with Crippen LogP contribution in [0.5, 0.6) is 0 Å². The summed E-state index contributed by atoms with van der Waals surface area (Å²) in [6, 6.07) is 3.87. The van der Waals surface area contributed by atoms with E-state index in [0.29, 0.717) is 6.54 Å². The lowest BCUT2D eigenvalue weighted by molar-refractivity contribution is -0.154. The molecule has 0 radical (unpaired) electrons. The standard InChI is InChI=1S/C15H19N3O2/c1-11-5-4-8-16-12(11)10-18-13(19)9-17-14(20)15(18)6-2-3-7-15/h4-5,8H,2-3,6-7,9-10H2,1H3,(H,17,20). The molecule has 2 amide bonds. The third-order valence-corrected chi connectivity index (χ3v) is 4.50. The average Bonchev–Trinajstić information content (AvgIpc) is 2.92. The van der Waals surface area contributed by atoms with Gasteiger partial charge in [-0.05, 0) is 31.4 Å². The Morgan fingerprint density at radius 3 is 2.80 bits per heavy atom. The number of hydrogen-bond donors (Lipinski definition) is 1. The van der Waals surface area contributed by atoms with Crippen molar-refractivity contribution in [1.82, 2.24) is 15.2 Å². The van der Waals surface area contributed by atoms with E-state index in [-0.39, 0.29) is 18.4 Å². The third kappa shape index (κ3) is 1.97. The number of piperazine rings is 1. The van der Waals surface area contributed by atoms with Gasteiger partial charge < -0.3 is 10.2 Å². The predicted molar refractivity (Wildman–Crippen MR) is 73.7 cm³/mol. The van der Waals surface area contributed by atoms with Gasteiger partial charge in [-0.3, -0.25) is 14.6 Å². The SMILES string of the molecule is Cc1cccnc1CN1C(=O)CNC(=O)C12CCCC2. The monoisotopic (exact) mass is 273 g/mol. The average molecular weight is 273 g/mol. The van der Waals surface area contributed by atoms with Gasteiger partial charge in [0.25, 0.3) is 0 Å². The highest BCUT2D eigenvalue weighted by molar-refractivity contribution is 5.98. The molecule has 1 aliphatic heterocycles. The number of nitrogens with one attached hydrogen (secondary N) is 1. The van der Waals surface area contributed by atoms with Gasteiger partial charge >= 0.3 is 0 Å². The van der Waals surface area contributed by atoms with Crippen LogP contribution in [0.15, 0.2) is 18.3 Å². The lowest BCUT2D eigenvalue weighted by Crippen LogP contribution is -2.65. The summed E-state index contributed by atoms with van der Waals surface area (Å²) in [4.78, 5) is 30.7. The van der Waals surface area contributed by atoms with Gasteiger partial charge in [0.1, 0.15) is 5.54 Å². The van der Waals surface area contributed by atoms with E-state index in [1.165, 1.54) is 0 Å². The fourth-order valence-corrected chi connectivity index (χ4v) is 3.31. The van der Waals surface area contributed by atoms with Crippen molar-refractivity contribution in [1.29, 1.82) is 0 Å². The maximum absolute atomic E-state index is 12.3. The van der Waals surface area contributed by atoms with E-state index < -0.39 is 5.54 Å². The van der Waals surface area contributed by atoms with E-state index in [1.54, 1.807) is 11.1 Å². The summed E-state index contributed by atoms with van der Waals surface area (Å²) in [5.41, 5.74) is 1.29. The molecule has 106 valence electrons. The molecule has 0 bridgehead atoms. The first-order chi connectivity index (χ1) is 9.63. The number of nitrogens with zero attached hydrogens (tertiary/aromatic N) is 2. The van der Waals surface area contributed by atoms with Gasteiger partial charge in [-0.2, -0.15) is 0 Å². The number of aryl methyl sites for hydroxylation is 1. The van der Waals surface area contributed by atoms with Crippen molar-refractivity contribution in [3.63, 3.8) is 0 Å². The summed E-state index contributed by atoms with van der Waals surface area (Å²) in [5, 5.41) is 2.74. The number of amides is 2. The van der Waals surface area contributed by atoms with Crippen molar-refractivity contribution in [2.75, 3.05) is 6.54 Å². The van der Waals surface area contributed by atoms with E-state index in [9.17, 15) is 9.59 Å². The van der Waals surface area contributed by atoms with Crippen LogP contribution >= 0.6 is 0 Å². The minimum absolute atomic E-state index is 0.00295. The second kappa shape index (κ2) is 4.89. The van der Waals surface area contributed by atoms with Gasteiger partial charge in [-0.1, -0.05) is 18.9 Å². The highest BCUT2D eigenvalue weighted by Crippen LogP contribution is 2.38. The molecule has 1 aromatic heterocycles. The summed E-state index contributed by atoms with van der Waals surface area (Å²) in [7, 11) is 0. The van der Waals surface area contributed by atoms with E-state index in [0.717, 1.165) is 36.9 Å². The number of hydrogen-bond acceptors (Lipinski definition) is 3. The molecule has 5 heteroatoms. The second-order valence-corrected chi connectivity index (χ2v) is 5.67. The second-order valence-electron chi connectivity index (χ2n) is 5.67. The van der Waals surface area contributed by atoms with Crippen LogP contribution in [-0.2, 0) is 16.1 Å². The highest BCUT2D eigenvalue weighted by Gasteiger charge is 2.50. The van der Waals surface area contributed by atoms with Crippen LogP contribution in [0.2, 0.25) is 0 Å². The molecule has 0 atom stereocenters. The van der Waals surface area contributed by atoms with Crippen LogP contribution in [0.25, 0.3) is 0 Å². The van der Waals surface area contributed by atoms with Crippen LogP contribution in [-0.4, -0.2) is 33.8 Å². The maximum atomic E-state index is 12.3. The Bertz CT molecular complexity index is 550. The molecule has 1 saturated heterocycles. The quantitative estimate of drug-likeness (QED) is 0.879. The topological polar surface area (TPSA) is 62.3 Å². The Kier molecular flexibility index (Phi) is 3.20. The summed E-state index contributed by atoms with van der Waals surface area (Å²) < 4.78 is 0. The Hall–Kier alpha value is -1.91. The molecule has 2 fully saturated rings. The zero-order valence-corrected chi connectivity index (χ0v) is 11.7. The van der Waals surface area contributed by atoms with Crippen LogP contribution in [0.3, 0.4) is 0 Å². The number of rotatable bonds is 2. The van der Waals surface area contributed by atoms with Crippen molar-refractivity contribution in [3.8, 4) is 0 Å². The number of aromatic nitrogens is 1. The molecule has 1 aromatic rings. The van der Waals surface area contributed by atoms with E-state index in [1.807, 2.05) is 19.1 Å². The molecule has 1 spiro atoms. The fraction of sp³-hybridized carbons (Fsp3) is 0.533. The normalized spacial score (nSPS) is 21.4. The lowest BCUT2D eigenvalue weighted by Gasteiger charge is -2.43. The number of carbonyl (C=O) groups excluding carboxylic acids is 2. The van der Waals surface area contributed by atoms with Crippen molar-refractivity contribution in [2.45, 2.75) is 44.7 Å². The Balaban J connectivity index is 1.94. The molecule has 1 N–H and O–H groups in total. The molecule has 20 heavy (non-hydrogen) atoms. The maximum Gasteiger partial charge on any atom is 0.246 e. The smallest absolute Gasteiger partial charge is 0.246 e. The molecular weight excluding hydrogens is 254 g/mol. The molecular formula is C15H19N3O2. The Morgan fingerprint density at radius 2 is 2.10 bits per heavy atom. The number of pyridine rings is 1. The highest BCUT2D eigenvalue weighted by atomic mass is 16.2. The van der Waals surface area contributed by atoms with Gasteiger partial charge in [0.05, 0.1) is 18.8 Å².